The van der Waals surface area contributed by atoms with Crippen LogP contribution in [0.3, 0.4) is 0 Å². The first kappa shape index (κ1) is 23.6. The molecule has 3 aromatic carbocycles. The van der Waals surface area contributed by atoms with Crippen LogP contribution in [0.25, 0.3) is 22.3 Å². The van der Waals surface area contributed by atoms with Crippen molar-refractivity contribution in [2.45, 2.75) is 13.0 Å². The standard InChI is InChI=1S/C27H24F2N4O3.2H2/c1-16-5-10-19-21(15-16)30-25(23-20(29)3-2-4-22(23)34)31-26(19)32-11-13-33(14-12-32)27(36)24(35)17-6-8-18(28)9-7-17;;/h2-10,15,24,34-35H,11-14H2,1H3;2*1H. The number of aromatic nitrogens is 2. The van der Waals surface area contributed by atoms with Crippen molar-refractivity contribution in [3.63, 3.8) is 0 Å². The monoisotopic (exact) mass is 494 g/mol. The van der Waals surface area contributed by atoms with Gasteiger partial charge in [0.25, 0.3) is 5.91 Å². The summed E-state index contributed by atoms with van der Waals surface area (Å²) in [4.78, 5) is 25.6. The van der Waals surface area contributed by atoms with Gasteiger partial charge in [-0.05, 0) is 54.4 Å². The molecule has 1 fully saturated rings. The van der Waals surface area contributed by atoms with Gasteiger partial charge in [-0.2, -0.15) is 0 Å². The predicted octanol–water partition coefficient (Wildman–Crippen LogP) is 4.46. The van der Waals surface area contributed by atoms with Crippen LogP contribution in [0.5, 0.6) is 5.75 Å². The third kappa shape index (κ3) is 4.45. The maximum Gasteiger partial charge on any atom is 0.256 e. The Bertz CT molecular complexity index is 1430. The molecule has 0 bridgehead atoms. The molecule has 9 heteroatoms. The number of halogens is 2. The number of carbonyl (C=O) groups excluding carboxylic acids is 1. The van der Waals surface area contributed by atoms with E-state index in [9.17, 15) is 23.8 Å². The number of aryl methyl sites for hydroxylation is 1. The molecule has 36 heavy (non-hydrogen) atoms. The Morgan fingerprint density at radius 3 is 2.42 bits per heavy atom. The van der Waals surface area contributed by atoms with Gasteiger partial charge in [-0.25, -0.2) is 18.7 Å². The Kier molecular flexibility index (Phi) is 6.24. The lowest BCUT2D eigenvalue weighted by Crippen LogP contribution is -2.50. The molecule has 0 saturated carbocycles. The molecule has 1 saturated heterocycles. The molecule has 0 aliphatic carbocycles. The predicted molar refractivity (Wildman–Crippen MR) is 136 cm³/mol. The highest BCUT2D eigenvalue weighted by Gasteiger charge is 2.29. The largest absolute Gasteiger partial charge is 0.507 e. The number of nitrogens with zero attached hydrogens (tertiary/aromatic N) is 4. The van der Waals surface area contributed by atoms with Gasteiger partial charge in [-0.1, -0.05) is 24.3 Å². The van der Waals surface area contributed by atoms with Gasteiger partial charge in [0.1, 0.15) is 23.2 Å². The number of aliphatic hydroxyl groups excluding tert-OH is 1. The van der Waals surface area contributed by atoms with Gasteiger partial charge in [0, 0.05) is 34.4 Å². The molecule has 7 nitrogen and oxygen atoms in total. The third-order valence-corrected chi connectivity index (χ3v) is 6.36. The lowest BCUT2D eigenvalue weighted by molar-refractivity contribution is -0.140. The molecule has 188 valence electrons. The quantitative estimate of drug-likeness (QED) is 0.435. The Morgan fingerprint density at radius 1 is 1.00 bits per heavy atom. The zero-order valence-corrected chi connectivity index (χ0v) is 19.5. The normalized spacial score (nSPS) is 14.8. The number of benzene rings is 3. The first-order chi connectivity index (χ1) is 17.3. The third-order valence-electron chi connectivity index (χ3n) is 6.36. The summed E-state index contributed by atoms with van der Waals surface area (Å²) in [5.74, 6) is -1.13. The van der Waals surface area contributed by atoms with Crippen molar-refractivity contribution in [2.75, 3.05) is 31.1 Å². The van der Waals surface area contributed by atoms with Gasteiger partial charge in [0.2, 0.25) is 0 Å². The smallest absolute Gasteiger partial charge is 0.256 e. The van der Waals surface area contributed by atoms with Gasteiger partial charge >= 0.3 is 0 Å². The van der Waals surface area contributed by atoms with Crippen molar-refractivity contribution in [1.82, 2.24) is 14.9 Å². The van der Waals surface area contributed by atoms with Crippen LogP contribution in [0.4, 0.5) is 14.6 Å². The maximum atomic E-state index is 14.6. The van der Waals surface area contributed by atoms with Crippen molar-refractivity contribution in [2.24, 2.45) is 0 Å². The van der Waals surface area contributed by atoms with E-state index in [1.807, 2.05) is 30.0 Å². The van der Waals surface area contributed by atoms with E-state index in [4.69, 9.17) is 0 Å². The lowest BCUT2D eigenvalue weighted by Gasteiger charge is -2.36. The van der Waals surface area contributed by atoms with Crippen LogP contribution in [-0.4, -0.2) is 57.2 Å². The van der Waals surface area contributed by atoms with Crippen molar-refractivity contribution < 1.29 is 26.6 Å². The van der Waals surface area contributed by atoms with Gasteiger partial charge in [0.05, 0.1) is 11.1 Å². The Morgan fingerprint density at radius 2 is 1.72 bits per heavy atom. The van der Waals surface area contributed by atoms with Crippen molar-refractivity contribution >= 4 is 22.6 Å². The van der Waals surface area contributed by atoms with Gasteiger partial charge < -0.3 is 20.0 Å². The van der Waals surface area contributed by atoms with E-state index in [0.29, 0.717) is 43.1 Å². The second-order valence-electron chi connectivity index (χ2n) is 8.79. The fourth-order valence-corrected chi connectivity index (χ4v) is 4.41. The zero-order valence-electron chi connectivity index (χ0n) is 19.5. The Hall–Kier alpha value is -4.11. The highest BCUT2D eigenvalue weighted by Crippen LogP contribution is 2.34. The minimum absolute atomic E-state index is 0. The fourth-order valence-electron chi connectivity index (χ4n) is 4.41. The first-order valence-electron chi connectivity index (χ1n) is 11.6. The Labute approximate surface area is 209 Å². The van der Waals surface area contributed by atoms with E-state index in [2.05, 4.69) is 9.97 Å². The van der Waals surface area contributed by atoms with Crippen LogP contribution in [-0.2, 0) is 4.79 Å². The van der Waals surface area contributed by atoms with E-state index >= 15 is 0 Å². The topological polar surface area (TPSA) is 89.8 Å². The van der Waals surface area contributed by atoms with E-state index in [1.165, 1.54) is 42.5 Å². The fraction of sp³-hybridized carbons (Fsp3) is 0.222. The summed E-state index contributed by atoms with van der Waals surface area (Å²) in [7, 11) is 0. The Balaban J connectivity index is 0.00000200. The number of carbonyl (C=O) groups is 1. The van der Waals surface area contributed by atoms with Crippen LogP contribution >= 0.6 is 0 Å². The van der Waals surface area contributed by atoms with Crippen molar-refractivity contribution in [3.05, 3.63) is 83.4 Å². The average molecular weight is 495 g/mol. The summed E-state index contributed by atoms with van der Waals surface area (Å²) in [6.07, 6.45) is -1.38. The number of amides is 1. The molecule has 1 aliphatic heterocycles. The molecule has 1 amide bonds. The summed E-state index contributed by atoms with van der Waals surface area (Å²) < 4.78 is 27.8. The van der Waals surface area contributed by atoms with Crippen LogP contribution in [0.1, 0.15) is 20.1 Å². The van der Waals surface area contributed by atoms with E-state index < -0.39 is 23.6 Å². The van der Waals surface area contributed by atoms with Gasteiger partial charge in [0.15, 0.2) is 11.9 Å². The molecule has 1 aliphatic rings. The molecule has 1 aromatic heterocycles. The number of fused-ring (bicyclic) bond motifs is 1. The zero-order chi connectivity index (χ0) is 25.4. The molecule has 1 unspecified atom stereocenters. The molecular weight excluding hydrogens is 466 g/mol. The summed E-state index contributed by atoms with van der Waals surface area (Å²) in [6, 6.07) is 15.0. The summed E-state index contributed by atoms with van der Waals surface area (Å²) in [6.45, 7) is 3.43. The minimum atomic E-state index is -1.38. The molecule has 0 spiro atoms. The minimum Gasteiger partial charge on any atom is -0.507 e. The number of piperazine rings is 1. The number of aliphatic hydroxyl groups is 1. The van der Waals surface area contributed by atoms with Crippen molar-refractivity contribution in [1.29, 1.82) is 0 Å². The molecule has 4 aromatic rings. The van der Waals surface area contributed by atoms with Crippen LogP contribution < -0.4 is 4.90 Å². The molecule has 2 heterocycles. The highest BCUT2D eigenvalue weighted by molar-refractivity contribution is 5.92. The van der Waals surface area contributed by atoms with E-state index in [-0.39, 0.29) is 20.0 Å². The molecule has 2 N–H and O–H groups in total. The number of hydrogen-bond acceptors (Lipinski definition) is 6. The second kappa shape index (κ2) is 9.50. The molecular formula is C27H28F2N4O3. The summed E-state index contributed by atoms with van der Waals surface area (Å²) in [5.41, 5.74) is 1.85. The number of phenols is 1. The van der Waals surface area contributed by atoms with Crippen molar-refractivity contribution in [3.8, 4) is 17.1 Å². The number of rotatable bonds is 4. The van der Waals surface area contributed by atoms with Gasteiger partial charge in [-0.15, -0.1) is 0 Å². The lowest BCUT2D eigenvalue weighted by atomic mass is 10.1. The SMILES string of the molecule is Cc1ccc2c(N3CCN(C(=O)C(O)c4ccc(F)cc4)CC3)nc(-c3c(O)cccc3F)nc2c1.[HH].[HH]. The molecule has 5 rings (SSSR count). The van der Waals surface area contributed by atoms with E-state index in [1.54, 1.807) is 4.90 Å². The molecule has 1 atom stereocenters. The summed E-state index contributed by atoms with van der Waals surface area (Å²) >= 11 is 0. The van der Waals surface area contributed by atoms with Gasteiger partial charge in [-0.3, -0.25) is 4.79 Å². The number of anilines is 1. The number of aromatic hydroxyl groups is 1. The second-order valence-corrected chi connectivity index (χ2v) is 8.79. The maximum absolute atomic E-state index is 14.6. The number of phenolic OH excluding ortho intramolecular Hbond substituents is 1. The molecule has 0 radical (unpaired) electrons. The van der Waals surface area contributed by atoms with Crippen LogP contribution in [0, 0.1) is 18.6 Å². The first-order valence-corrected chi connectivity index (χ1v) is 11.6. The summed E-state index contributed by atoms with van der Waals surface area (Å²) in [5, 5.41) is 21.6. The van der Waals surface area contributed by atoms with Crippen LogP contribution in [0.2, 0.25) is 0 Å². The van der Waals surface area contributed by atoms with E-state index in [0.717, 1.165) is 10.9 Å². The number of hydrogen-bond donors (Lipinski definition) is 2. The van der Waals surface area contributed by atoms with Crippen LogP contribution in [0.15, 0.2) is 60.7 Å². The average Bonchev–Trinajstić information content (AvgIpc) is 2.87. The highest BCUT2D eigenvalue weighted by atomic mass is 19.1.